The topological polar surface area (TPSA) is 93.1 Å². The number of likely N-dealkylation sites (N-methyl/N-ethyl adjacent to an activating group) is 1. The average molecular weight is 482 g/mol. The van der Waals surface area contributed by atoms with Crippen LogP contribution in [-0.4, -0.2) is 55.1 Å². The molecular weight excluding hydrogens is 454 g/mol. The van der Waals surface area contributed by atoms with Crippen molar-refractivity contribution in [1.29, 1.82) is 0 Å². The molecule has 5 atom stereocenters. The van der Waals surface area contributed by atoms with Crippen LogP contribution in [0, 0.1) is 12.8 Å². The van der Waals surface area contributed by atoms with Crippen LogP contribution in [0.1, 0.15) is 30.0 Å². The van der Waals surface area contributed by atoms with Crippen molar-refractivity contribution in [2.75, 3.05) is 13.6 Å². The molecule has 0 radical (unpaired) electrons. The molecule has 2 aliphatic heterocycles. The number of carbonyl (C=O) groups excluding carboxylic acids is 1. The summed E-state index contributed by atoms with van der Waals surface area (Å²) in [6.45, 7) is 3.94. The van der Waals surface area contributed by atoms with Crippen LogP contribution >= 0.6 is 0 Å². The number of likely N-dealkylation sites (tertiary alicyclic amines) is 1. The van der Waals surface area contributed by atoms with E-state index in [9.17, 15) is 18.3 Å². The summed E-state index contributed by atoms with van der Waals surface area (Å²) in [5, 5.41) is 12.0. The average Bonchev–Trinajstić information content (AvgIpc) is 3.15. The Morgan fingerprint density at radius 3 is 2.65 bits per heavy atom. The zero-order valence-corrected chi connectivity index (χ0v) is 20.1. The van der Waals surface area contributed by atoms with Gasteiger partial charge in [-0.05, 0) is 63.2 Å². The number of sulfone groups is 1. The van der Waals surface area contributed by atoms with Crippen LogP contribution in [-0.2, 0) is 26.5 Å². The second-order valence-electron chi connectivity index (χ2n) is 10.0. The first-order valence-corrected chi connectivity index (χ1v) is 13.0. The van der Waals surface area contributed by atoms with Gasteiger partial charge in [0.1, 0.15) is 0 Å². The smallest absolute Gasteiger partial charge is 0.308 e. The third kappa shape index (κ3) is 2.59. The molecule has 1 fully saturated rings. The lowest BCUT2D eigenvalue weighted by atomic mass is 9.53. The van der Waals surface area contributed by atoms with Gasteiger partial charge in [0.25, 0.3) is 0 Å². The van der Waals surface area contributed by atoms with Crippen molar-refractivity contribution in [2.24, 2.45) is 5.92 Å². The van der Waals surface area contributed by atoms with Crippen molar-refractivity contribution in [3.8, 4) is 11.5 Å². The summed E-state index contributed by atoms with van der Waals surface area (Å²) >= 11 is 0. The molecule has 1 saturated heterocycles. The molecule has 6 rings (SSSR count). The van der Waals surface area contributed by atoms with E-state index in [1.807, 2.05) is 19.1 Å². The predicted octanol–water partition coefficient (Wildman–Crippen LogP) is 2.53. The first-order valence-electron chi connectivity index (χ1n) is 11.5. The molecule has 1 spiro atoms. The van der Waals surface area contributed by atoms with Crippen molar-refractivity contribution in [1.82, 2.24) is 4.90 Å². The molecule has 2 aromatic carbocycles. The Bertz CT molecular complexity index is 1350. The van der Waals surface area contributed by atoms with E-state index < -0.39 is 32.3 Å². The molecule has 4 aliphatic rings. The van der Waals surface area contributed by atoms with Crippen molar-refractivity contribution >= 4 is 15.8 Å². The lowest BCUT2D eigenvalue weighted by molar-refractivity contribution is -0.132. The molecule has 7 nitrogen and oxygen atoms in total. The van der Waals surface area contributed by atoms with Gasteiger partial charge >= 0.3 is 5.97 Å². The molecule has 2 aliphatic carbocycles. The van der Waals surface area contributed by atoms with Crippen LogP contribution in [0.25, 0.3) is 0 Å². The van der Waals surface area contributed by atoms with Gasteiger partial charge in [-0.1, -0.05) is 29.8 Å². The molecule has 8 heteroatoms. The van der Waals surface area contributed by atoms with Gasteiger partial charge < -0.3 is 19.5 Å². The van der Waals surface area contributed by atoms with Gasteiger partial charge in [-0.3, -0.25) is 4.79 Å². The van der Waals surface area contributed by atoms with Crippen molar-refractivity contribution in [3.63, 3.8) is 0 Å². The molecule has 34 heavy (non-hydrogen) atoms. The fraction of sp³-hybridized carbons (Fsp3) is 0.423. The van der Waals surface area contributed by atoms with E-state index in [4.69, 9.17) is 9.47 Å². The number of esters is 1. The molecule has 0 amide bonds. The minimum Gasteiger partial charge on any atom is -0.481 e. The highest BCUT2D eigenvalue weighted by Gasteiger charge is 2.71. The summed E-state index contributed by atoms with van der Waals surface area (Å²) in [4.78, 5) is 11.9. The molecule has 0 saturated carbocycles. The third-order valence-electron chi connectivity index (χ3n) is 8.19. The number of ether oxygens (including phenoxy) is 2. The lowest BCUT2D eigenvalue weighted by Crippen LogP contribution is -2.69. The van der Waals surface area contributed by atoms with Crippen LogP contribution in [0.5, 0.6) is 11.5 Å². The van der Waals surface area contributed by atoms with Crippen molar-refractivity contribution in [2.45, 2.75) is 54.1 Å². The van der Waals surface area contributed by atoms with E-state index in [1.54, 1.807) is 18.2 Å². The first kappa shape index (κ1) is 21.8. The normalized spacial score (nSPS) is 33.2. The minimum atomic E-state index is -4.23. The lowest BCUT2D eigenvalue weighted by Gasteiger charge is -2.58. The highest BCUT2D eigenvalue weighted by molar-refractivity contribution is 7.92. The summed E-state index contributed by atoms with van der Waals surface area (Å²) < 4.78 is 39.7. The maximum atomic E-state index is 13.9. The number of benzene rings is 2. The Labute approximate surface area is 198 Å². The summed E-state index contributed by atoms with van der Waals surface area (Å²) in [5.74, 6) is 0.126. The molecule has 1 N–H and O–H groups in total. The zero-order valence-electron chi connectivity index (χ0n) is 19.3. The fourth-order valence-electron chi connectivity index (χ4n) is 6.63. The molecule has 2 heterocycles. The zero-order chi connectivity index (χ0) is 24.0. The van der Waals surface area contributed by atoms with E-state index in [1.165, 1.54) is 25.1 Å². The number of aryl methyl sites for hydroxylation is 1. The molecular formula is C26H27NO6S. The second-order valence-corrected chi connectivity index (χ2v) is 12.1. The monoisotopic (exact) mass is 481 g/mol. The number of carbonyl (C=O) groups is 1. The van der Waals surface area contributed by atoms with E-state index in [0.717, 1.165) is 29.7 Å². The molecule has 2 aromatic rings. The van der Waals surface area contributed by atoms with Crippen LogP contribution in [0.4, 0.5) is 0 Å². The third-order valence-corrected chi connectivity index (χ3v) is 10.3. The van der Waals surface area contributed by atoms with Gasteiger partial charge in [-0.25, -0.2) is 8.42 Å². The quantitative estimate of drug-likeness (QED) is 0.409. The van der Waals surface area contributed by atoms with Gasteiger partial charge in [0.2, 0.25) is 14.8 Å². The number of nitrogens with zero attached hydrogens (tertiary/aromatic N) is 1. The highest BCUT2D eigenvalue weighted by Crippen LogP contribution is 2.64. The second kappa shape index (κ2) is 6.93. The van der Waals surface area contributed by atoms with E-state index in [2.05, 4.69) is 11.9 Å². The van der Waals surface area contributed by atoms with Crippen molar-refractivity contribution in [3.05, 3.63) is 65.2 Å². The number of rotatable bonds is 3. The molecule has 0 unspecified atom stereocenters. The van der Waals surface area contributed by atoms with Crippen LogP contribution in [0.3, 0.4) is 0 Å². The van der Waals surface area contributed by atoms with E-state index in [-0.39, 0.29) is 22.6 Å². The van der Waals surface area contributed by atoms with Gasteiger partial charge in [0.05, 0.1) is 4.90 Å². The van der Waals surface area contributed by atoms with Crippen LogP contribution < -0.4 is 9.47 Å². The first-order chi connectivity index (χ1) is 16.1. The molecule has 2 bridgehead atoms. The van der Waals surface area contributed by atoms with Crippen LogP contribution in [0.15, 0.2) is 53.4 Å². The number of hydrogen-bond acceptors (Lipinski definition) is 7. The van der Waals surface area contributed by atoms with Gasteiger partial charge in [-0.2, -0.15) is 0 Å². The number of aliphatic hydroxyl groups is 1. The Morgan fingerprint density at radius 2 is 1.94 bits per heavy atom. The number of hydrogen-bond donors (Lipinski definition) is 1. The Balaban J connectivity index is 1.59. The molecule has 0 aromatic heterocycles. The van der Waals surface area contributed by atoms with Crippen LogP contribution in [0.2, 0.25) is 0 Å². The Hall–Kier alpha value is -2.68. The highest BCUT2D eigenvalue weighted by atomic mass is 32.2. The maximum absolute atomic E-state index is 13.9. The SMILES string of the molecule is CC(=O)Oc1ccc2c3c1O[C@@H]1[C@]34CCN(C)[C@H](C2)[C@@H]4C=C[C@@]1(O)S(=O)(=O)c1ccc(C)cc1. The van der Waals surface area contributed by atoms with E-state index in [0.29, 0.717) is 12.2 Å². The fourth-order valence-corrected chi connectivity index (χ4v) is 8.30. The summed E-state index contributed by atoms with van der Waals surface area (Å²) in [6.07, 6.45) is 3.62. The minimum absolute atomic E-state index is 0.0360. The molecule has 178 valence electrons. The van der Waals surface area contributed by atoms with Gasteiger partial charge in [0.15, 0.2) is 17.6 Å². The van der Waals surface area contributed by atoms with Gasteiger partial charge in [0, 0.05) is 29.9 Å². The Kier molecular flexibility index (Phi) is 4.45. The summed E-state index contributed by atoms with van der Waals surface area (Å²) in [7, 11) is -2.15. The summed E-state index contributed by atoms with van der Waals surface area (Å²) in [5.41, 5.74) is 2.12. The Morgan fingerprint density at radius 1 is 1.21 bits per heavy atom. The largest absolute Gasteiger partial charge is 0.481 e. The van der Waals surface area contributed by atoms with Gasteiger partial charge in [-0.15, -0.1) is 0 Å². The standard InChI is InChI=1S/C26H27NO6S/c1-15-4-7-18(8-5-15)34(30,31)26(29)11-10-19-20-14-17-6-9-21(32-16(2)28)23-22(17)25(19,24(26)33-23)12-13-27(20)3/h4-11,19-20,24,29H,12-14H2,1-3H3/t19-,20+,24+,25-,26+/m0/s1. The van der Waals surface area contributed by atoms with Crippen molar-refractivity contribution < 1.29 is 27.8 Å². The summed E-state index contributed by atoms with van der Waals surface area (Å²) in [6, 6.07) is 10.3. The predicted molar refractivity (Wildman–Crippen MR) is 125 cm³/mol. The van der Waals surface area contributed by atoms with E-state index >= 15 is 0 Å². The number of piperidine rings is 1. The maximum Gasteiger partial charge on any atom is 0.308 e.